The molecular formula is C11H13ClN2. The molecule has 1 aliphatic rings. The van der Waals surface area contributed by atoms with Crippen LogP contribution in [0.5, 0.6) is 0 Å². The van der Waals surface area contributed by atoms with Crippen molar-refractivity contribution in [3.63, 3.8) is 0 Å². The van der Waals surface area contributed by atoms with Gasteiger partial charge in [0.05, 0.1) is 5.69 Å². The van der Waals surface area contributed by atoms with Crippen LogP contribution in [0.1, 0.15) is 25.7 Å². The molecule has 0 aromatic heterocycles. The summed E-state index contributed by atoms with van der Waals surface area (Å²) in [5.41, 5.74) is 0.874. The zero-order valence-electron chi connectivity index (χ0n) is 7.99. The quantitative estimate of drug-likeness (QED) is 0.394. The maximum atomic E-state index is 6.26. The van der Waals surface area contributed by atoms with Crippen molar-refractivity contribution in [2.24, 2.45) is 10.2 Å². The summed E-state index contributed by atoms with van der Waals surface area (Å²) < 4.78 is 0. The van der Waals surface area contributed by atoms with E-state index in [0.29, 0.717) is 0 Å². The summed E-state index contributed by atoms with van der Waals surface area (Å²) in [6.07, 6.45) is 4.23. The van der Waals surface area contributed by atoms with Crippen LogP contribution in [0.4, 0.5) is 5.69 Å². The summed E-state index contributed by atoms with van der Waals surface area (Å²) in [6.45, 7) is 0. The highest BCUT2D eigenvalue weighted by molar-refractivity contribution is 6.23. The van der Waals surface area contributed by atoms with Crippen LogP contribution in [0.2, 0.25) is 0 Å². The molecule has 0 heterocycles. The highest BCUT2D eigenvalue weighted by Gasteiger charge is 2.31. The molecule has 0 aliphatic heterocycles. The second kappa shape index (κ2) is 4.09. The van der Waals surface area contributed by atoms with E-state index in [1.54, 1.807) is 0 Å². The second-order valence-corrected chi connectivity index (χ2v) is 4.36. The number of alkyl halides is 1. The first-order valence-corrected chi connectivity index (χ1v) is 5.33. The third-order valence-corrected chi connectivity index (χ3v) is 2.92. The summed E-state index contributed by atoms with van der Waals surface area (Å²) in [5, 5.41) is 8.37. The first-order valence-electron chi connectivity index (χ1n) is 4.95. The SMILES string of the molecule is ClC1(N=Nc2ccccc2)CCCC1. The third-order valence-electron chi connectivity index (χ3n) is 2.47. The van der Waals surface area contributed by atoms with Gasteiger partial charge in [-0.25, -0.2) is 0 Å². The Morgan fingerprint density at radius 2 is 1.71 bits per heavy atom. The van der Waals surface area contributed by atoms with Crippen molar-refractivity contribution in [3.05, 3.63) is 30.3 Å². The van der Waals surface area contributed by atoms with Crippen molar-refractivity contribution >= 4 is 17.3 Å². The third kappa shape index (κ3) is 2.32. The standard InChI is InChI=1S/C11H13ClN2/c12-11(8-4-5-9-11)14-13-10-6-2-1-3-7-10/h1-3,6-7H,4-5,8-9H2. The number of benzene rings is 1. The second-order valence-electron chi connectivity index (χ2n) is 3.66. The van der Waals surface area contributed by atoms with Crippen LogP contribution < -0.4 is 0 Å². The lowest BCUT2D eigenvalue weighted by Gasteiger charge is -2.11. The Morgan fingerprint density at radius 1 is 1.07 bits per heavy atom. The summed E-state index contributed by atoms with van der Waals surface area (Å²) in [5.74, 6) is 0. The molecule has 0 N–H and O–H groups in total. The Labute approximate surface area is 89.0 Å². The lowest BCUT2D eigenvalue weighted by molar-refractivity contribution is 0.596. The van der Waals surface area contributed by atoms with Crippen LogP contribution in [0, 0.1) is 0 Å². The van der Waals surface area contributed by atoms with Gasteiger partial charge < -0.3 is 0 Å². The minimum Gasteiger partial charge on any atom is -0.166 e. The van der Waals surface area contributed by atoms with Crippen LogP contribution in [-0.2, 0) is 0 Å². The van der Waals surface area contributed by atoms with E-state index in [1.165, 1.54) is 0 Å². The van der Waals surface area contributed by atoms with Crippen LogP contribution in [-0.4, -0.2) is 5.00 Å². The molecule has 0 saturated heterocycles. The van der Waals surface area contributed by atoms with Crippen molar-refractivity contribution in [1.82, 2.24) is 0 Å². The van der Waals surface area contributed by atoms with E-state index in [-0.39, 0.29) is 0 Å². The van der Waals surface area contributed by atoms with Gasteiger partial charge in [0.15, 0.2) is 5.00 Å². The Balaban J connectivity index is 2.06. The number of rotatable bonds is 2. The lowest BCUT2D eigenvalue weighted by atomic mass is 10.3. The van der Waals surface area contributed by atoms with Gasteiger partial charge in [0.1, 0.15) is 0 Å². The van der Waals surface area contributed by atoms with Gasteiger partial charge in [-0.2, -0.15) is 10.2 Å². The van der Waals surface area contributed by atoms with E-state index >= 15 is 0 Å². The van der Waals surface area contributed by atoms with E-state index in [0.717, 1.165) is 31.4 Å². The van der Waals surface area contributed by atoms with E-state index in [4.69, 9.17) is 11.6 Å². The predicted molar refractivity (Wildman–Crippen MR) is 58.0 cm³/mol. The van der Waals surface area contributed by atoms with E-state index in [1.807, 2.05) is 30.3 Å². The molecule has 0 amide bonds. The van der Waals surface area contributed by atoms with Gasteiger partial charge >= 0.3 is 0 Å². The number of azo groups is 1. The molecule has 2 rings (SSSR count). The van der Waals surface area contributed by atoms with Gasteiger partial charge in [-0.1, -0.05) is 29.8 Å². The fraction of sp³-hybridized carbons (Fsp3) is 0.455. The van der Waals surface area contributed by atoms with Gasteiger partial charge in [-0.05, 0) is 37.8 Å². The highest BCUT2D eigenvalue weighted by Crippen LogP contribution is 2.37. The minimum atomic E-state index is -0.421. The Kier molecular flexibility index (Phi) is 2.82. The van der Waals surface area contributed by atoms with Crippen LogP contribution in [0.25, 0.3) is 0 Å². The minimum absolute atomic E-state index is 0.421. The molecule has 0 radical (unpaired) electrons. The fourth-order valence-electron chi connectivity index (χ4n) is 1.66. The summed E-state index contributed by atoms with van der Waals surface area (Å²) in [6, 6.07) is 9.72. The Morgan fingerprint density at radius 3 is 2.36 bits per heavy atom. The summed E-state index contributed by atoms with van der Waals surface area (Å²) in [7, 11) is 0. The van der Waals surface area contributed by atoms with Crippen LogP contribution >= 0.6 is 11.6 Å². The van der Waals surface area contributed by atoms with E-state index in [2.05, 4.69) is 10.2 Å². The fourth-order valence-corrected chi connectivity index (χ4v) is 1.96. The van der Waals surface area contributed by atoms with Gasteiger partial charge in [-0.15, -0.1) is 0 Å². The average molecular weight is 209 g/mol. The van der Waals surface area contributed by atoms with Gasteiger partial charge in [0.2, 0.25) is 0 Å². The maximum absolute atomic E-state index is 6.26. The molecule has 1 aromatic rings. The molecule has 1 fully saturated rings. The molecule has 14 heavy (non-hydrogen) atoms. The molecule has 1 saturated carbocycles. The molecule has 0 spiro atoms. The molecule has 3 heteroatoms. The largest absolute Gasteiger partial charge is 0.166 e. The molecule has 0 atom stereocenters. The first kappa shape index (κ1) is 9.66. The number of hydrogen-bond donors (Lipinski definition) is 0. The molecule has 1 aromatic carbocycles. The van der Waals surface area contributed by atoms with Crippen molar-refractivity contribution in [2.45, 2.75) is 30.7 Å². The number of halogens is 1. The van der Waals surface area contributed by atoms with Crippen LogP contribution in [0.3, 0.4) is 0 Å². The highest BCUT2D eigenvalue weighted by atomic mass is 35.5. The summed E-state index contributed by atoms with van der Waals surface area (Å²) in [4.78, 5) is -0.421. The van der Waals surface area contributed by atoms with Gasteiger partial charge in [-0.3, -0.25) is 0 Å². The molecule has 2 nitrogen and oxygen atoms in total. The summed E-state index contributed by atoms with van der Waals surface area (Å²) >= 11 is 6.26. The van der Waals surface area contributed by atoms with Crippen molar-refractivity contribution in [1.29, 1.82) is 0 Å². The lowest BCUT2D eigenvalue weighted by Crippen LogP contribution is -2.10. The van der Waals surface area contributed by atoms with Crippen LogP contribution in [0.15, 0.2) is 40.6 Å². The van der Waals surface area contributed by atoms with Crippen molar-refractivity contribution in [2.75, 3.05) is 0 Å². The maximum Gasteiger partial charge on any atom is 0.155 e. The Bertz CT molecular complexity index is 315. The smallest absolute Gasteiger partial charge is 0.155 e. The molecule has 0 unspecified atom stereocenters. The average Bonchev–Trinajstić information content (AvgIpc) is 2.65. The van der Waals surface area contributed by atoms with Gasteiger partial charge in [0.25, 0.3) is 0 Å². The predicted octanol–water partition coefficient (Wildman–Crippen LogP) is 4.28. The number of hydrogen-bond acceptors (Lipinski definition) is 2. The van der Waals surface area contributed by atoms with E-state index < -0.39 is 5.00 Å². The zero-order valence-corrected chi connectivity index (χ0v) is 8.74. The topological polar surface area (TPSA) is 24.7 Å². The zero-order chi connectivity index (χ0) is 9.86. The van der Waals surface area contributed by atoms with Crippen molar-refractivity contribution < 1.29 is 0 Å². The monoisotopic (exact) mass is 208 g/mol. The molecular weight excluding hydrogens is 196 g/mol. The number of nitrogens with zero attached hydrogens (tertiary/aromatic N) is 2. The normalized spacial score (nSPS) is 20.4. The molecule has 0 bridgehead atoms. The first-order chi connectivity index (χ1) is 6.79. The molecule has 74 valence electrons. The molecule has 1 aliphatic carbocycles. The van der Waals surface area contributed by atoms with Crippen molar-refractivity contribution in [3.8, 4) is 0 Å². The van der Waals surface area contributed by atoms with Gasteiger partial charge in [0, 0.05) is 0 Å². The van der Waals surface area contributed by atoms with E-state index in [9.17, 15) is 0 Å². The Hall–Kier alpha value is -0.890.